The molecule has 10 heavy (non-hydrogen) atoms. The Morgan fingerprint density at radius 1 is 1.40 bits per heavy atom. The fourth-order valence-corrected chi connectivity index (χ4v) is 1.24. The molecule has 0 aliphatic rings. The van der Waals surface area contributed by atoms with Crippen molar-refractivity contribution in [2.45, 2.75) is 11.8 Å². The van der Waals surface area contributed by atoms with Crippen LogP contribution in [0.2, 0.25) is 0 Å². The topological polar surface area (TPSA) is 38.0 Å². The van der Waals surface area contributed by atoms with Gasteiger partial charge in [0.1, 0.15) is 0 Å². The van der Waals surface area contributed by atoms with Gasteiger partial charge in [-0.25, -0.2) is 0 Å². The molecular formula is C7H10N2S. The number of hydrazine groups is 1. The fourth-order valence-electron chi connectivity index (χ4n) is 0.734. The molecule has 0 aliphatic heterocycles. The smallest absolute Gasteiger partial charge is 0.0269 e. The number of nitrogens with one attached hydrogen (secondary N) is 1. The molecular weight excluding hydrogens is 144 g/mol. The highest BCUT2D eigenvalue weighted by Gasteiger charge is 1.93. The van der Waals surface area contributed by atoms with Gasteiger partial charge in [-0.05, 0) is 30.5 Å². The summed E-state index contributed by atoms with van der Waals surface area (Å²) < 4.78 is 0. The van der Waals surface area contributed by atoms with Crippen LogP contribution in [0.1, 0.15) is 5.56 Å². The van der Waals surface area contributed by atoms with Gasteiger partial charge in [-0.3, -0.25) is 5.84 Å². The van der Waals surface area contributed by atoms with E-state index in [4.69, 9.17) is 5.84 Å². The second-order valence-electron chi connectivity index (χ2n) is 1.99. The molecule has 2 nitrogen and oxygen atoms in total. The molecule has 0 saturated carbocycles. The number of nitrogens with two attached hydrogens (primary N) is 1. The van der Waals surface area contributed by atoms with E-state index in [2.05, 4.69) is 17.8 Å². The Bertz CT molecular complexity index is 213. The summed E-state index contributed by atoms with van der Waals surface area (Å²) in [5.41, 5.74) is 1.24. The molecule has 3 heteroatoms. The molecule has 0 fully saturated rings. The van der Waals surface area contributed by atoms with Crippen LogP contribution in [0.5, 0.6) is 0 Å². The Morgan fingerprint density at radius 3 is 2.70 bits per heavy atom. The minimum atomic E-state index is 1.17. The van der Waals surface area contributed by atoms with Crippen molar-refractivity contribution in [3.8, 4) is 0 Å². The van der Waals surface area contributed by atoms with Gasteiger partial charge in [0, 0.05) is 4.90 Å². The Morgan fingerprint density at radius 2 is 2.10 bits per heavy atom. The number of hydrogen-bond acceptors (Lipinski definition) is 3. The quantitative estimate of drug-likeness (QED) is 0.385. The summed E-state index contributed by atoms with van der Waals surface area (Å²) in [6.45, 7) is 2.06. The van der Waals surface area contributed by atoms with Crippen LogP contribution in [-0.4, -0.2) is 0 Å². The molecule has 0 radical (unpaired) electrons. The first-order chi connectivity index (χ1) is 4.84. The van der Waals surface area contributed by atoms with Gasteiger partial charge in [-0.1, -0.05) is 18.2 Å². The minimum absolute atomic E-state index is 1.17. The average molecular weight is 154 g/mol. The zero-order chi connectivity index (χ0) is 7.40. The predicted octanol–water partition coefficient (Wildman–Crippen LogP) is 1.47. The van der Waals surface area contributed by atoms with Gasteiger partial charge in [0.2, 0.25) is 0 Å². The van der Waals surface area contributed by atoms with Gasteiger partial charge in [-0.15, -0.1) is 0 Å². The molecule has 0 spiro atoms. The molecule has 3 N–H and O–H groups in total. The maximum absolute atomic E-state index is 5.14. The minimum Gasteiger partial charge on any atom is -0.261 e. The third-order valence-electron chi connectivity index (χ3n) is 1.26. The van der Waals surface area contributed by atoms with E-state index in [-0.39, 0.29) is 0 Å². The zero-order valence-electron chi connectivity index (χ0n) is 5.79. The summed E-state index contributed by atoms with van der Waals surface area (Å²) in [5, 5.41) is 0. The highest BCUT2D eigenvalue weighted by atomic mass is 32.2. The first-order valence-electron chi connectivity index (χ1n) is 3.02. The van der Waals surface area contributed by atoms with Crippen molar-refractivity contribution in [3.05, 3.63) is 29.8 Å². The van der Waals surface area contributed by atoms with Gasteiger partial charge in [0.15, 0.2) is 0 Å². The Labute approximate surface area is 64.9 Å². The van der Waals surface area contributed by atoms with Crippen molar-refractivity contribution in [2.75, 3.05) is 0 Å². The van der Waals surface area contributed by atoms with E-state index >= 15 is 0 Å². The van der Waals surface area contributed by atoms with Crippen molar-refractivity contribution in [2.24, 2.45) is 5.84 Å². The Hall–Kier alpha value is -0.510. The van der Waals surface area contributed by atoms with Crippen LogP contribution in [0, 0.1) is 6.92 Å². The molecule has 0 heterocycles. The molecule has 0 atom stereocenters. The van der Waals surface area contributed by atoms with Gasteiger partial charge < -0.3 is 0 Å². The lowest BCUT2D eigenvalue weighted by molar-refractivity contribution is 1.11. The van der Waals surface area contributed by atoms with Crippen molar-refractivity contribution < 1.29 is 0 Å². The van der Waals surface area contributed by atoms with Crippen LogP contribution in [0.25, 0.3) is 0 Å². The van der Waals surface area contributed by atoms with E-state index in [9.17, 15) is 0 Å². The lowest BCUT2D eigenvalue weighted by Gasteiger charge is -2.00. The van der Waals surface area contributed by atoms with Crippen molar-refractivity contribution in [3.63, 3.8) is 0 Å². The van der Waals surface area contributed by atoms with E-state index in [1.54, 1.807) is 0 Å². The second-order valence-corrected chi connectivity index (χ2v) is 2.87. The molecule has 0 unspecified atom stereocenters. The van der Waals surface area contributed by atoms with Crippen LogP contribution in [0.15, 0.2) is 29.2 Å². The molecule has 0 bridgehead atoms. The van der Waals surface area contributed by atoms with E-state index in [1.807, 2.05) is 18.2 Å². The number of hydrogen-bond donors (Lipinski definition) is 2. The highest BCUT2D eigenvalue weighted by molar-refractivity contribution is 7.97. The van der Waals surface area contributed by atoms with Crippen LogP contribution < -0.4 is 10.7 Å². The van der Waals surface area contributed by atoms with Crippen LogP contribution in [0.4, 0.5) is 0 Å². The van der Waals surface area contributed by atoms with E-state index in [0.717, 1.165) is 0 Å². The molecule has 0 saturated heterocycles. The van der Waals surface area contributed by atoms with Crippen molar-refractivity contribution in [1.29, 1.82) is 0 Å². The highest BCUT2D eigenvalue weighted by Crippen LogP contribution is 2.16. The summed E-state index contributed by atoms with van der Waals surface area (Å²) in [5.74, 6) is 5.14. The number of benzene rings is 1. The summed E-state index contributed by atoms with van der Waals surface area (Å²) in [6, 6.07) is 8.09. The first kappa shape index (κ1) is 7.60. The Kier molecular flexibility index (Phi) is 2.74. The standard InChI is InChI=1S/C7H10N2S/c1-6-4-2-3-5-7(6)10-9-8/h2-5,9H,8H2,1H3. The third-order valence-corrected chi connectivity index (χ3v) is 2.06. The second kappa shape index (κ2) is 3.61. The van der Waals surface area contributed by atoms with Crippen LogP contribution in [-0.2, 0) is 0 Å². The fraction of sp³-hybridized carbons (Fsp3) is 0.143. The maximum atomic E-state index is 5.14. The lowest BCUT2D eigenvalue weighted by Crippen LogP contribution is -2.11. The molecule has 1 aromatic carbocycles. The summed E-state index contributed by atoms with van der Waals surface area (Å²) in [6.07, 6.45) is 0. The van der Waals surface area contributed by atoms with Crippen molar-refractivity contribution >= 4 is 11.9 Å². The number of aryl methyl sites for hydroxylation is 1. The van der Waals surface area contributed by atoms with E-state index in [0.29, 0.717) is 0 Å². The molecule has 0 aromatic heterocycles. The predicted molar refractivity (Wildman–Crippen MR) is 44.4 cm³/mol. The van der Waals surface area contributed by atoms with E-state index < -0.39 is 0 Å². The molecule has 1 aromatic rings. The van der Waals surface area contributed by atoms with Crippen LogP contribution in [0.3, 0.4) is 0 Å². The van der Waals surface area contributed by atoms with E-state index in [1.165, 1.54) is 22.4 Å². The van der Waals surface area contributed by atoms with Crippen molar-refractivity contribution in [1.82, 2.24) is 4.83 Å². The molecule has 54 valence electrons. The largest absolute Gasteiger partial charge is 0.261 e. The lowest BCUT2D eigenvalue weighted by atomic mass is 10.2. The SMILES string of the molecule is Cc1ccccc1SNN. The van der Waals surface area contributed by atoms with Gasteiger partial charge in [-0.2, -0.15) is 4.83 Å². The summed E-state index contributed by atoms with van der Waals surface area (Å²) in [4.78, 5) is 3.71. The Balaban J connectivity index is 2.81. The first-order valence-corrected chi connectivity index (χ1v) is 3.84. The summed E-state index contributed by atoms with van der Waals surface area (Å²) >= 11 is 1.43. The van der Waals surface area contributed by atoms with Gasteiger partial charge in [0.05, 0.1) is 0 Å². The van der Waals surface area contributed by atoms with Gasteiger partial charge >= 0.3 is 0 Å². The monoisotopic (exact) mass is 154 g/mol. The third kappa shape index (κ3) is 1.73. The number of rotatable bonds is 2. The maximum Gasteiger partial charge on any atom is 0.0269 e. The molecule has 0 amide bonds. The average Bonchev–Trinajstić information content (AvgIpc) is 1.94. The van der Waals surface area contributed by atoms with Crippen LogP contribution >= 0.6 is 11.9 Å². The molecule has 1 rings (SSSR count). The van der Waals surface area contributed by atoms with Gasteiger partial charge in [0.25, 0.3) is 0 Å². The zero-order valence-corrected chi connectivity index (χ0v) is 6.61. The molecule has 0 aliphatic carbocycles. The normalized spacial score (nSPS) is 9.80. The summed E-state index contributed by atoms with van der Waals surface area (Å²) in [7, 11) is 0.